The molecule has 2 aromatic rings. The molecule has 22 heavy (non-hydrogen) atoms. The zero-order chi connectivity index (χ0) is 15.6. The number of hydrogen-bond donors (Lipinski definition) is 1. The topological polar surface area (TPSA) is 56.4 Å². The fraction of sp³-hybridized carbons (Fsp3) is 0.529. The maximum atomic E-state index is 9.45. The van der Waals surface area contributed by atoms with Crippen molar-refractivity contribution in [2.24, 2.45) is 5.41 Å². The highest BCUT2D eigenvalue weighted by molar-refractivity contribution is 5.58. The normalized spacial score (nSPS) is 17.0. The van der Waals surface area contributed by atoms with Gasteiger partial charge in [-0.15, -0.1) is 0 Å². The third-order valence-corrected chi connectivity index (χ3v) is 4.58. The molecule has 5 nitrogen and oxygen atoms in total. The van der Waals surface area contributed by atoms with Crippen LogP contribution in [0.15, 0.2) is 24.4 Å². The van der Waals surface area contributed by atoms with Gasteiger partial charge < -0.3 is 10.2 Å². The molecule has 1 aliphatic carbocycles. The van der Waals surface area contributed by atoms with Crippen molar-refractivity contribution in [3.63, 3.8) is 0 Å². The summed E-state index contributed by atoms with van der Waals surface area (Å²) < 4.78 is 1.84. The van der Waals surface area contributed by atoms with Crippen LogP contribution in [0.2, 0.25) is 0 Å². The molecule has 0 bridgehead atoms. The highest BCUT2D eigenvalue weighted by Crippen LogP contribution is 2.38. The van der Waals surface area contributed by atoms with E-state index in [1.807, 2.05) is 28.8 Å². The number of hydrogen-bond acceptors (Lipinski definition) is 4. The van der Waals surface area contributed by atoms with E-state index < -0.39 is 0 Å². The van der Waals surface area contributed by atoms with Gasteiger partial charge in [-0.1, -0.05) is 18.9 Å². The standard InChI is InChI=1S/C17H23N5/c1-21(2)13-17(8-4-5-9-17)12-19-16-14(11-18)22-10-6-3-7-15(22)20-16/h3,6-7,10,19H,4-5,8-9,12-13H2,1-2H3. The summed E-state index contributed by atoms with van der Waals surface area (Å²) in [6.07, 6.45) is 6.97. The quantitative estimate of drug-likeness (QED) is 0.922. The van der Waals surface area contributed by atoms with Gasteiger partial charge in [-0.05, 0) is 39.1 Å². The molecule has 5 heteroatoms. The molecule has 1 aliphatic rings. The second-order valence-electron chi connectivity index (χ2n) is 6.65. The van der Waals surface area contributed by atoms with Crippen LogP contribution < -0.4 is 5.32 Å². The summed E-state index contributed by atoms with van der Waals surface area (Å²) >= 11 is 0. The Kier molecular flexibility index (Phi) is 4.04. The van der Waals surface area contributed by atoms with E-state index in [0.29, 0.717) is 16.9 Å². The number of anilines is 1. The van der Waals surface area contributed by atoms with E-state index in [1.165, 1.54) is 25.7 Å². The molecular formula is C17H23N5. The monoisotopic (exact) mass is 297 g/mol. The van der Waals surface area contributed by atoms with Crippen molar-refractivity contribution in [3.05, 3.63) is 30.1 Å². The molecule has 116 valence electrons. The Morgan fingerprint density at radius 3 is 2.82 bits per heavy atom. The fourth-order valence-corrected chi connectivity index (χ4v) is 3.68. The summed E-state index contributed by atoms with van der Waals surface area (Å²) in [5, 5.41) is 12.9. The van der Waals surface area contributed by atoms with E-state index in [1.54, 1.807) is 0 Å². The number of aromatic nitrogens is 2. The molecule has 0 aromatic carbocycles. The molecule has 2 aromatic heterocycles. The van der Waals surface area contributed by atoms with Crippen LogP contribution >= 0.6 is 0 Å². The van der Waals surface area contributed by atoms with Gasteiger partial charge >= 0.3 is 0 Å². The van der Waals surface area contributed by atoms with Crippen LogP contribution in [-0.4, -0.2) is 41.5 Å². The predicted octanol–water partition coefficient (Wildman–Crippen LogP) is 2.74. The molecule has 1 saturated carbocycles. The first-order chi connectivity index (χ1) is 10.6. The van der Waals surface area contributed by atoms with Crippen molar-refractivity contribution < 1.29 is 0 Å². The number of imidazole rings is 1. The molecule has 1 fully saturated rings. The van der Waals surface area contributed by atoms with Crippen LogP contribution in [0, 0.1) is 16.7 Å². The zero-order valence-corrected chi connectivity index (χ0v) is 13.3. The van der Waals surface area contributed by atoms with Crippen molar-refractivity contribution in [2.45, 2.75) is 25.7 Å². The number of rotatable bonds is 5. The average Bonchev–Trinajstić information content (AvgIpc) is 3.08. The molecule has 0 unspecified atom stereocenters. The lowest BCUT2D eigenvalue weighted by Gasteiger charge is -2.32. The van der Waals surface area contributed by atoms with Crippen molar-refractivity contribution >= 4 is 11.5 Å². The first-order valence-electron chi connectivity index (χ1n) is 7.89. The van der Waals surface area contributed by atoms with Crippen molar-refractivity contribution in [1.82, 2.24) is 14.3 Å². The summed E-state index contributed by atoms with van der Waals surface area (Å²) in [7, 11) is 4.26. The van der Waals surface area contributed by atoms with Gasteiger partial charge in [0, 0.05) is 24.7 Å². The van der Waals surface area contributed by atoms with Gasteiger partial charge in [-0.2, -0.15) is 5.26 Å². The lowest BCUT2D eigenvalue weighted by molar-refractivity contribution is 0.215. The van der Waals surface area contributed by atoms with E-state index in [9.17, 15) is 5.26 Å². The molecule has 0 aliphatic heterocycles. The average molecular weight is 297 g/mol. The van der Waals surface area contributed by atoms with Gasteiger partial charge in [0.25, 0.3) is 0 Å². The minimum atomic E-state index is 0.298. The van der Waals surface area contributed by atoms with Crippen molar-refractivity contribution in [1.29, 1.82) is 5.26 Å². The van der Waals surface area contributed by atoms with Crippen molar-refractivity contribution in [3.8, 4) is 6.07 Å². The van der Waals surface area contributed by atoms with Gasteiger partial charge in [-0.3, -0.25) is 4.40 Å². The van der Waals surface area contributed by atoms with E-state index in [2.05, 4.69) is 35.4 Å². The Hall–Kier alpha value is -2.06. The predicted molar refractivity (Wildman–Crippen MR) is 87.9 cm³/mol. The Balaban J connectivity index is 1.82. The third-order valence-electron chi connectivity index (χ3n) is 4.58. The highest BCUT2D eigenvalue weighted by Gasteiger charge is 2.34. The number of nitrogens with one attached hydrogen (secondary N) is 1. The van der Waals surface area contributed by atoms with E-state index in [0.717, 1.165) is 18.7 Å². The lowest BCUT2D eigenvalue weighted by Crippen LogP contribution is -2.37. The summed E-state index contributed by atoms with van der Waals surface area (Å²) in [5.41, 5.74) is 1.70. The van der Waals surface area contributed by atoms with Gasteiger partial charge in [-0.25, -0.2) is 4.98 Å². The zero-order valence-electron chi connectivity index (χ0n) is 13.3. The van der Waals surface area contributed by atoms with E-state index >= 15 is 0 Å². The maximum absolute atomic E-state index is 9.45. The largest absolute Gasteiger partial charge is 0.367 e. The Morgan fingerprint density at radius 1 is 1.36 bits per heavy atom. The Labute approximate surface area is 131 Å². The number of fused-ring (bicyclic) bond motifs is 1. The van der Waals surface area contributed by atoms with Crippen LogP contribution in [0.3, 0.4) is 0 Å². The Morgan fingerprint density at radius 2 is 2.14 bits per heavy atom. The molecular weight excluding hydrogens is 274 g/mol. The van der Waals surface area contributed by atoms with Gasteiger partial charge in [0.05, 0.1) is 0 Å². The van der Waals surface area contributed by atoms with Crippen LogP contribution in [0.5, 0.6) is 0 Å². The third kappa shape index (κ3) is 2.79. The lowest BCUT2D eigenvalue weighted by atomic mass is 9.85. The smallest absolute Gasteiger partial charge is 0.168 e. The molecule has 0 saturated heterocycles. The van der Waals surface area contributed by atoms with Crippen LogP contribution in [0.1, 0.15) is 31.4 Å². The molecule has 0 amide bonds. The minimum absolute atomic E-state index is 0.298. The maximum Gasteiger partial charge on any atom is 0.168 e. The summed E-state index contributed by atoms with van der Waals surface area (Å²) in [6.45, 7) is 1.96. The molecule has 1 N–H and O–H groups in total. The summed E-state index contributed by atoms with van der Waals surface area (Å²) in [4.78, 5) is 6.84. The summed E-state index contributed by atoms with van der Waals surface area (Å²) in [6, 6.07) is 8.07. The van der Waals surface area contributed by atoms with Gasteiger partial charge in [0.15, 0.2) is 11.5 Å². The highest BCUT2D eigenvalue weighted by atomic mass is 15.1. The number of nitriles is 1. The van der Waals surface area contributed by atoms with Crippen LogP contribution in [0.4, 0.5) is 5.82 Å². The second kappa shape index (κ2) is 5.98. The van der Waals surface area contributed by atoms with E-state index in [4.69, 9.17) is 0 Å². The Bertz CT molecular complexity index is 689. The SMILES string of the molecule is CN(C)CC1(CNc2nc3ccccn3c2C#N)CCCC1. The van der Waals surface area contributed by atoms with Crippen molar-refractivity contribution in [2.75, 3.05) is 32.5 Å². The summed E-state index contributed by atoms with van der Waals surface area (Å²) in [5.74, 6) is 0.707. The van der Waals surface area contributed by atoms with E-state index in [-0.39, 0.29) is 0 Å². The first-order valence-corrected chi connectivity index (χ1v) is 7.89. The van der Waals surface area contributed by atoms with Gasteiger partial charge in [0.1, 0.15) is 11.7 Å². The molecule has 3 rings (SSSR count). The van der Waals surface area contributed by atoms with Crippen LogP contribution in [-0.2, 0) is 0 Å². The molecule has 0 atom stereocenters. The molecule has 0 radical (unpaired) electrons. The van der Waals surface area contributed by atoms with Crippen LogP contribution in [0.25, 0.3) is 5.65 Å². The molecule has 0 spiro atoms. The number of pyridine rings is 1. The first kappa shape index (κ1) is 14.9. The van der Waals surface area contributed by atoms with Gasteiger partial charge in [0.2, 0.25) is 0 Å². The minimum Gasteiger partial charge on any atom is -0.367 e. The molecule has 2 heterocycles. The second-order valence-corrected chi connectivity index (χ2v) is 6.65. The number of nitrogens with zero attached hydrogens (tertiary/aromatic N) is 4. The fourth-order valence-electron chi connectivity index (χ4n) is 3.68.